The van der Waals surface area contributed by atoms with Gasteiger partial charge in [0.1, 0.15) is 0 Å². The van der Waals surface area contributed by atoms with Gasteiger partial charge in [0.25, 0.3) is 0 Å². The summed E-state index contributed by atoms with van der Waals surface area (Å²) in [5.41, 5.74) is 7.68. The summed E-state index contributed by atoms with van der Waals surface area (Å²) in [6, 6.07) is 7.66. The summed E-state index contributed by atoms with van der Waals surface area (Å²) < 4.78 is 5.03. The number of hydrogen-bond acceptors (Lipinski definition) is 3. The van der Waals surface area contributed by atoms with Crippen LogP contribution in [0.15, 0.2) is 24.3 Å². The number of rotatable bonds is 5. The molecular weight excluding hydrogens is 228 g/mol. The molecule has 1 aliphatic carbocycles. The molecule has 0 atom stereocenters. The number of nitrogens with two attached hydrogens (primary N) is 1. The van der Waals surface area contributed by atoms with E-state index in [0.717, 1.165) is 30.5 Å². The summed E-state index contributed by atoms with van der Waals surface area (Å²) in [6.07, 6.45) is 3.45. The molecular formula is C14H20N2O2. The SMILES string of the molecule is COCc1ccc(NC(=O)CC2(N)CCC2)cc1. The second-order valence-corrected chi connectivity index (χ2v) is 5.07. The van der Waals surface area contributed by atoms with E-state index in [9.17, 15) is 4.79 Å². The molecule has 0 spiro atoms. The molecule has 1 saturated carbocycles. The van der Waals surface area contributed by atoms with E-state index in [0.29, 0.717) is 13.0 Å². The van der Waals surface area contributed by atoms with Gasteiger partial charge in [0, 0.05) is 24.8 Å². The maximum atomic E-state index is 11.8. The Balaban J connectivity index is 1.86. The lowest BCUT2D eigenvalue weighted by molar-refractivity contribution is -0.118. The van der Waals surface area contributed by atoms with Gasteiger partial charge in [0.05, 0.1) is 6.61 Å². The van der Waals surface area contributed by atoms with Gasteiger partial charge in [-0.1, -0.05) is 12.1 Å². The van der Waals surface area contributed by atoms with Gasteiger partial charge in [-0.15, -0.1) is 0 Å². The molecule has 0 bridgehead atoms. The molecule has 0 aliphatic heterocycles. The zero-order valence-corrected chi connectivity index (χ0v) is 10.7. The number of anilines is 1. The van der Waals surface area contributed by atoms with Crippen LogP contribution in [0.4, 0.5) is 5.69 Å². The van der Waals surface area contributed by atoms with Gasteiger partial charge in [-0.25, -0.2) is 0 Å². The van der Waals surface area contributed by atoms with Crippen LogP contribution < -0.4 is 11.1 Å². The first-order chi connectivity index (χ1) is 8.61. The van der Waals surface area contributed by atoms with Crippen molar-refractivity contribution in [2.24, 2.45) is 5.73 Å². The highest BCUT2D eigenvalue weighted by atomic mass is 16.5. The Bertz CT molecular complexity index is 410. The van der Waals surface area contributed by atoms with Crippen LogP contribution in [0.2, 0.25) is 0 Å². The monoisotopic (exact) mass is 248 g/mol. The van der Waals surface area contributed by atoms with Gasteiger partial charge in [-0.2, -0.15) is 0 Å². The second kappa shape index (κ2) is 5.50. The third-order valence-corrected chi connectivity index (χ3v) is 3.41. The summed E-state index contributed by atoms with van der Waals surface area (Å²) in [4.78, 5) is 11.8. The summed E-state index contributed by atoms with van der Waals surface area (Å²) in [7, 11) is 1.66. The number of amides is 1. The number of carbonyl (C=O) groups excluding carboxylic acids is 1. The minimum absolute atomic E-state index is 0.00306. The molecule has 4 nitrogen and oxygen atoms in total. The fourth-order valence-corrected chi connectivity index (χ4v) is 2.18. The van der Waals surface area contributed by atoms with Gasteiger partial charge in [0.2, 0.25) is 5.91 Å². The normalized spacial score (nSPS) is 17.0. The highest BCUT2D eigenvalue weighted by Gasteiger charge is 2.34. The van der Waals surface area contributed by atoms with Crippen LogP contribution in [0.25, 0.3) is 0 Å². The topological polar surface area (TPSA) is 64.3 Å². The third-order valence-electron chi connectivity index (χ3n) is 3.41. The Kier molecular flexibility index (Phi) is 3.99. The minimum atomic E-state index is -0.264. The number of benzene rings is 1. The number of nitrogens with one attached hydrogen (secondary N) is 1. The van der Waals surface area contributed by atoms with E-state index in [2.05, 4.69) is 5.32 Å². The maximum absolute atomic E-state index is 11.8. The molecule has 0 aromatic heterocycles. The zero-order chi connectivity index (χ0) is 13.0. The van der Waals surface area contributed by atoms with Crippen molar-refractivity contribution >= 4 is 11.6 Å². The van der Waals surface area contributed by atoms with E-state index in [-0.39, 0.29) is 11.4 Å². The standard InChI is InChI=1S/C14H20N2O2/c1-18-10-11-3-5-12(6-4-11)16-13(17)9-14(15)7-2-8-14/h3-6H,2,7-10,15H2,1H3,(H,16,17). The Hall–Kier alpha value is -1.39. The summed E-state index contributed by atoms with van der Waals surface area (Å²) in [6.45, 7) is 0.583. The molecule has 0 unspecified atom stereocenters. The first kappa shape index (κ1) is 13.1. The molecule has 4 heteroatoms. The Morgan fingerprint density at radius 2 is 2.06 bits per heavy atom. The Morgan fingerprint density at radius 1 is 1.39 bits per heavy atom. The molecule has 0 saturated heterocycles. The van der Waals surface area contributed by atoms with Crippen LogP contribution in [-0.2, 0) is 16.1 Å². The predicted octanol–water partition coefficient (Wildman–Crippen LogP) is 2.04. The Morgan fingerprint density at radius 3 is 2.56 bits per heavy atom. The lowest BCUT2D eigenvalue weighted by Crippen LogP contribution is -2.48. The molecule has 1 aliphatic rings. The first-order valence-electron chi connectivity index (χ1n) is 6.28. The smallest absolute Gasteiger partial charge is 0.226 e. The summed E-state index contributed by atoms with van der Waals surface area (Å²) >= 11 is 0. The number of ether oxygens (including phenoxy) is 1. The first-order valence-corrected chi connectivity index (χ1v) is 6.28. The highest BCUT2D eigenvalue weighted by molar-refractivity contribution is 5.91. The lowest BCUT2D eigenvalue weighted by Gasteiger charge is -2.37. The largest absolute Gasteiger partial charge is 0.380 e. The zero-order valence-electron chi connectivity index (χ0n) is 10.7. The minimum Gasteiger partial charge on any atom is -0.380 e. The van der Waals surface area contributed by atoms with Crippen LogP contribution in [0.1, 0.15) is 31.2 Å². The van der Waals surface area contributed by atoms with Crippen LogP contribution in [-0.4, -0.2) is 18.6 Å². The summed E-state index contributed by atoms with van der Waals surface area (Å²) in [5.74, 6) is -0.00306. The van der Waals surface area contributed by atoms with Crippen LogP contribution in [0, 0.1) is 0 Å². The average Bonchev–Trinajstić information content (AvgIpc) is 2.30. The van der Waals surface area contributed by atoms with Crippen molar-refractivity contribution in [3.63, 3.8) is 0 Å². The van der Waals surface area contributed by atoms with Crippen LogP contribution >= 0.6 is 0 Å². The maximum Gasteiger partial charge on any atom is 0.226 e. The fourth-order valence-electron chi connectivity index (χ4n) is 2.18. The van der Waals surface area contributed by atoms with E-state index in [1.807, 2.05) is 24.3 Å². The molecule has 1 aromatic carbocycles. The van der Waals surface area contributed by atoms with Crippen molar-refractivity contribution in [2.45, 2.75) is 37.8 Å². The fraction of sp³-hybridized carbons (Fsp3) is 0.500. The molecule has 18 heavy (non-hydrogen) atoms. The van der Waals surface area contributed by atoms with Crippen LogP contribution in [0.5, 0.6) is 0 Å². The van der Waals surface area contributed by atoms with Gasteiger partial charge >= 0.3 is 0 Å². The molecule has 0 heterocycles. The van der Waals surface area contributed by atoms with Crippen molar-refractivity contribution < 1.29 is 9.53 Å². The molecule has 1 aromatic rings. The number of hydrogen-bond donors (Lipinski definition) is 2. The molecule has 0 radical (unpaired) electrons. The van der Waals surface area contributed by atoms with Gasteiger partial charge < -0.3 is 15.8 Å². The lowest BCUT2D eigenvalue weighted by atomic mass is 9.75. The number of methoxy groups -OCH3 is 1. The number of carbonyl (C=O) groups is 1. The van der Waals surface area contributed by atoms with Crippen LogP contribution in [0.3, 0.4) is 0 Å². The van der Waals surface area contributed by atoms with Crippen molar-refractivity contribution in [3.05, 3.63) is 29.8 Å². The predicted molar refractivity (Wildman–Crippen MR) is 71.2 cm³/mol. The van der Waals surface area contributed by atoms with E-state index in [1.54, 1.807) is 7.11 Å². The Labute approximate surface area is 108 Å². The van der Waals surface area contributed by atoms with Crippen molar-refractivity contribution in [1.82, 2.24) is 0 Å². The molecule has 1 fully saturated rings. The highest BCUT2D eigenvalue weighted by Crippen LogP contribution is 2.32. The van der Waals surface area contributed by atoms with Gasteiger partial charge in [-0.05, 0) is 37.0 Å². The summed E-state index contributed by atoms with van der Waals surface area (Å²) in [5, 5.41) is 2.88. The quantitative estimate of drug-likeness (QED) is 0.838. The molecule has 2 rings (SSSR count). The van der Waals surface area contributed by atoms with E-state index < -0.39 is 0 Å². The van der Waals surface area contributed by atoms with Crippen molar-refractivity contribution in [3.8, 4) is 0 Å². The average molecular weight is 248 g/mol. The molecule has 1 amide bonds. The molecule has 3 N–H and O–H groups in total. The van der Waals surface area contributed by atoms with Crippen molar-refractivity contribution in [1.29, 1.82) is 0 Å². The molecule has 98 valence electrons. The van der Waals surface area contributed by atoms with Gasteiger partial charge in [-0.3, -0.25) is 4.79 Å². The van der Waals surface area contributed by atoms with E-state index in [4.69, 9.17) is 10.5 Å². The van der Waals surface area contributed by atoms with E-state index >= 15 is 0 Å². The van der Waals surface area contributed by atoms with Crippen molar-refractivity contribution in [2.75, 3.05) is 12.4 Å². The third kappa shape index (κ3) is 3.31. The second-order valence-electron chi connectivity index (χ2n) is 5.07. The van der Waals surface area contributed by atoms with E-state index in [1.165, 1.54) is 0 Å². The van der Waals surface area contributed by atoms with Gasteiger partial charge in [0.15, 0.2) is 0 Å².